The topological polar surface area (TPSA) is 129 Å². The first-order valence-corrected chi connectivity index (χ1v) is 14.9. The van der Waals surface area contributed by atoms with Gasteiger partial charge in [-0.2, -0.15) is 0 Å². The molecule has 5 unspecified atom stereocenters. The van der Waals surface area contributed by atoms with E-state index in [1.54, 1.807) is 6.92 Å². The van der Waals surface area contributed by atoms with E-state index in [4.69, 9.17) is 18.9 Å². The fraction of sp³-hybridized carbons (Fsp3) is 0.871. The summed E-state index contributed by atoms with van der Waals surface area (Å²) in [5, 5.41) is 5.70. The molecule has 10 heteroatoms. The molecule has 0 spiro atoms. The normalized spacial score (nSPS) is 29.4. The fourth-order valence-electron chi connectivity index (χ4n) is 7.98. The molecule has 2 aliphatic rings. The molecule has 0 aromatic rings. The number of esters is 2. The van der Waals surface area contributed by atoms with E-state index in [-0.39, 0.29) is 58.5 Å². The van der Waals surface area contributed by atoms with Crippen LogP contribution in [0.5, 0.6) is 0 Å². The summed E-state index contributed by atoms with van der Waals surface area (Å²) in [6, 6.07) is 0. The molecular weight excluding hydrogens is 528 g/mol. The van der Waals surface area contributed by atoms with Gasteiger partial charge in [0.05, 0.1) is 14.2 Å². The van der Waals surface area contributed by atoms with Crippen molar-refractivity contribution in [1.29, 1.82) is 0 Å². The molecule has 5 atom stereocenters. The summed E-state index contributed by atoms with van der Waals surface area (Å²) in [6.45, 7) is 15.6. The van der Waals surface area contributed by atoms with Gasteiger partial charge in [0.1, 0.15) is 12.7 Å². The number of carbonyl (C=O) groups is 4. The predicted molar refractivity (Wildman–Crippen MR) is 155 cm³/mol. The molecule has 2 amide bonds. The van der Waals surface area contributed by atoms with Crippen molar-refractivity contribution in [3.05, 3.63) is 0 Å². The lowest BCUT2D eigenvalue weighted by atomic mass is 9.60. The maximum Gasteiger partial charge on any atom is 0.407 e. The smallest absolute Gasteiger partial charge is 0.407 e. The fourth-order valence-corrected chi connectivity index (χ4v) is 7.98. The molecule has 10 nitrogen and oxygen atoms in total. The van der Waals surface area contributed by atoms with Crippen LogP contribution in [0.2, 0.25) is 0 Å². The summed E-state index contributed by atoms with van der Waals surface area (Å²) in [6.07, 6.45) is 4.33. The van der Waals surface area contributed by atoms with Gasteiger partial charge in [0.2, 0.25) is 0 Å². The standard InChI is InChI=1S/C31H54N2O8/c1-21(41-27(37)33-20-31(7)14-22(10-24(34)38-8)12-28(2,3)18-31)16-40-25(35)11-23-13-29(4,5)17-30(6,15-23)19-32-26(36)39-9/h21-23H,10-20H2,1-9H3,(H,32,36)(H,33,37). The lowest BCUT2D eigenvalue weighted by Crippen LogP contribution is -2.44. The van der Waals surface area contributed by atoms with Crippen LogP contribution < -0.4 is 10.6 Å². The summed E-state index contributed by atoms with van der Waals surface area (Å²) in [5.74, 6) is -0.203. The van der Waals surface area contributed by atoms with Crippen molar-refractivity contribution in [2.75, 3.05) is 33.9 Å². The van der Waals surface area contributed by atoms with Gasteiger partial charge >= 0.3 is 24.1 Å². The Morgan fingerprint density at radius 2 is 1.17 bits per heavy atom. The number of carbonyl (C=O) groups excluding carboxylic acids is 4. The first-order chi connectivity index (χ1) is 18.9. The van der Waals surface area contributed by atoms with Gasteiger partial charge < -0.3 is 29.6 Å². The number of hydrogen-bond acceptors (Lipinski definition) is 8. The zero-order valence-electron chi connectivity index (χ0n) is 26.8. The first-order valence-electron chi connectivity index (χ1n) is 14.9. The van der Waals surface area contributed by atoms with E-state index in [1.807, 2.05) is 0 Å². The Balaban J connectivity index is 1.80. The highest BCUT2D eigenvalue weighted by Crippen LogP contribution is 2.50. The Labute approximate surface area is 246 Å². The molecule has 2 aliphatic carbocycles. The molecule has 0 aliphatic heterocycles. The van der Waals surface area contributed by atoms with Crippen molar-refractivity contribution in [3.8, 4) is 0 Å². The molecule has 2 N–H and O–H groups in total. The van der Waals surface area contributed by atoms with E-state index in [0.717, 1.165) is 38.5 Å². The number of amides is 2. The van der Waals surface area contributed by atoms with Crippen LogP contribution in [0.15, 0.2) is 0 Å². The molecule has 41 heavy (non-hydrogen) atoms. The van der Waals surface area contributed by atoms with Gasteiger partial charge in [-0.25, -0.2) is 9.59 Å². The van der Waals surface area contributed by atoms with Crippen LogP contribution in [0.25, 0.3) is 0 Å². The third-order valence-corrected chi connectivity index (χ3v) is 8.49. The molecule has 0 aromatic carbocycles. The summed E-state index contributed by atoms with van der Waals surface area (Å²) < 4.78 is 20.5. The minimum atomic E-state index is -0.598. The molecule has 2 saturated carbocycles. The minimum Gasteiger partial charge on any atom is -0.469 e. The quantitative estimate of drug-likeness (QED) is 0.237. The molecule has 2 rings (SSSR count). The average molecular weight is 583 g/mol. The largest absolute Gasteiger partial charge is 0.469 e. The molecule has 236 valence electrons. The number of nitrogens with one attached hydrogen (secondary N) is 2. The van der Waals surface area contributed by atoms with Gasteiger partial charge in [-0.3, -0.25) is 9.59 Å². The van der Waals surface area contributed by atoms with E-state index in [2.05, 4.69) is 52.2 Å². The number of alkyl carbamates (subject to hydrolysis) is 2. The van der Waals surface area contributed by atoms with Crippen LogP contribution in [0.1, 0.15) is 99.8 Å². The second-order valence-corrected chi connectivity index (χ2v) is 14.9. The first kappa shape index (κ1) is 34.7. The van der Waals surface area contributed by atoms with Crippen molar-refractivity contribution in [2.45, 2.75) is 106 Å². The van der Waals surface area contributed by atoms with Crippen molar-refractivity contribution in [1.82, 2.24) is 10.6 Å². The molecule has 2 fully saturated rings. The maximum absolute atomic E-state index is 12.7. The van der Waals surface area contributed by atoms with E-state index in [1.165, 1.54) is 14.2 Å². The second kappa shape index (κ2) is 14.1. The highest BCUT2D eigenvalue weighted by Gasteiger charge is 2.43. The Kier molecular flexibility index (Phi) is 11.9. The van der Waals surface area contributed by atoms with E-state index in [9.17, 15) is 19.2 Å². The number of hydrogen-bond donors (Lipinski definition) is 2. The Morgan fingerprint density at radius 1 is 0.707 bits per heavy atom. The molecule has 0 bridgehead atoms. The maximum atomic E-state index is 12.7. The number of ether oxygens (including phenoxy) is 4. The Morgan fingerprint density at radius 3 is 1.63 bits per heavy atom. The van der Waals surface area contributed by atoms with E-state index >= 15 is 0 Å². The van der Waals surface area contributed by atoms with E-state index < -0.39 is 18.3 Å². The van der Waals surface area contributed by atoms with Crippen molar-refractivity contribution in [3.63, 3.8) is 0 Å². The zero-order valence-corrected chi connectivity index (χ0v) is 26.8. The average Bonchev–Trinajstić information content (AvgIpc) is 2.82. The third-order valence-electron chi connectivity index (χ3n) is 8.49. The molecular formula is C31H54N2O8. The lowest BCUT2D eigenvalue weighted by molar-refractivity contribution is -0.148. The van der Waals surface area contributed by atoms with E-state index in [0.29, 0.717) is 19.5 Å². The van der Waals surface area contributed by atoms with Crippen LogP contribution >= 0.6 is 0 Å². The highest BCUT2D eigenvalue weighted by molar-refractivity contribution is 5.70. The van der Waals surface area contributed by atoms with Crippen LogP contribution in [-0.4, -0.2) is 64.1 Å². The molecule has 0 saturated heterocycles. The Hall–Kier alpha value is -2.52. The van der Waals surface area contributed by atoms with Crippen molar-refractivity contribution >= 4 is 24.1 Å². The van der Waals surface area contributed by atoms with Crippen molar-refractivity contribution in [2.24, 2.45) is 33.5 Å². The monoisotopic (exact) mass is 582 g/mol. The van der Waals surface area contributed by atoms with Crippen LogP contribution in [0.3, 0.4) is 0 Å². The van der Waals surface area contributed by atoms with Gasteiger partial charge in [-0.05, 0) is 78.9 Å². The van der Waals surface area contributed by atoms with Gasteiger partial charge in [0.15, 0.2) is 0 Å². The lowest BCUT2D eigenvalue weighted by Gasteiger charge is -2.46. The summed E-state index contributed by atoms with van der Waals surface area (Å²) in [7, 11) is 2.75. The summed E-state index contributed by atoms with van der Waals surface area (Å²) in [4.78, 5) is 48.7. The minimum absolute atomic E-state index is 0.0188. The van der Waals surface area contributed by atoms with Crippen molar-refractivity contribution < 1.29 is 38.1 Å². The summed E-state index contributed by atoms with van der Waals surface area (Å²) >= 11 is 0. The SMILES string of the molecule is COC(=O)CC1CC(C)(C)CC(C)(CNC(=O)OC(C)COC(=O)CC2CC(C)(C)CC(C)(CNC(=O)OC)C2)C1. The molecule has 0 aromatic heterocycles. The summed E-state index contributed by atoms with van der Waals surface area (Å²) in [5.41, 5.74) is -0.266. The molecule has 0 heterocycles. The van der Waals surface area contributed by atoms with Gasteiger partial charge in [-0.15, -0.1) is 0 Å². The van der Waals surface area contributed by atoms with Gasteiger partial charge in [-0.1, -0.05) is 41.5 Å². The van der Waals surface area contributed by atoms with Crippen LogP contribution in [0.4, 0.5) is 9.59 Å². The van der Waals surface area contributed by atoms with Gasteiger partial charge in [0.25, 0.3) is 0 Å². The molecule has 0 radical (unpaired) electrons. The third kappa shape index (κ3) is 12.1. The second-order valence-electron chi connectivity index (χ2n) is 14.9. The number of rotatable bonds is 11. The van der Waals surface area contributed by atoms with Gasteiger partial charge in [0, 0.05) is 25.9 Å². The predicted octanol–water partition coefficient (Wildman–Crippen LogP) is 5.62. The van der Waals surface area contributed by atoms with Crippen LogP contribution in [0, 0.1) is 33.5 Å². The zero-order chi connectivity index (χ0) is 31.1. The highest BCUT2D eigenvalue weighted by atomic mass is 16.6. The van der Waals surface area contributed by atoms with Crippen LogP contribution in [-0.2, 0) is 28.5 Å². The Bertz CT molecular complexity index is 935. The number of methoxy groups -OCH3 is 2.